The molecule has 0 aromatic heterocycles. The van der Waals surface area contributed by atoms with Gasteiger partial charge in [-0.15, -0.1) is 0 Å². The molecule has 0 heterocycles. The molecule has 0 atom stereocenters. The van der Waals surface area contributed by atoms with Gasteiger partial charge in [-0.1, -0.05) is 0 Å². The zero-order valence-corrected chi connectivity index (χ0v) is 13.6. The lowest BCUT2D eigenvalue weighted by Gasteiger charge is -2.09. The normalized spacial score (nSPS) is 10.1. The Balaban J connectivity index is 2.79. The third kappa shape index (κ3) is 5.93. The number of hydrogen-bond donors (Lipinski definition) is 2. The van der Waals surface area contributed by atoms with Crippen molar-refractivity contribution in [3.63, 3.8) is 0 Å². The molecule has 9 heteroatoms. The molecule has 0 unspecified atom stereocenters. The summed E-state index contributed by atoms with van der Waals surface area (Å²) >= 11 is 6.51. The van der Waals surface area contributed by atoms with Crippen molar-refractivity contribution in [2.45, 2.75) is 6.42 Å². The van der Waals surface area contributed by atoms with E-state index in [0.29, 0.717) is 20.3 Å². The minimum atomic E-state index is -1.08. The Morgan fingerprint density at radius 1 is 1.43 bits per heavy atom. The summed E-state index contributed by atoms with van der Waals surface area (Å²) in [5.74, 6) is -1.24. The van der Waals surface area contributed by atoms with Gasteiger partial charge in [-0.2, -0.15) is 10.4 Å². The number of nitrogens with one attached hydrogen (secondary N) is 1. The quantitative estimate of drug-likeness (QED) is 0.542. The molecule has 0 radical (unpaired) electrons. The number of carbonyl (C=O) groups is 2. The Morgan fingerprint density at radius 3 is 2.57 bits per heavy atom. The molecule has 0 aliphatic carbocycles. The Morgan fingerprint density at radius 2 is 2.05 bits per heavy atom. The van der Waals surface area contributed by atoms with Gasteiger partial charge >= 0.3 is 5.97 Å². The molecule has 0 saturated carbocycles. The number of nitrogens with zero attached hydrogens (tertiary/aromatic N) is 2. The van der Waals surface area contributed by atoms with Crippen molar-refractivity contribution in [1.82, 2.24) is 5.43 Å². The van der Waals surface area contributed by atoms with E-state index < -0.39 is 18.5 Å². The first-order valence-corrected chi connectivity index (χ1v) is 7.05. The van der Waals surface area contributed by atoms with Crippen LogP contribution in [0.25, 0.3) is 0 Å². The van der Waals surface area contributed by atoms with E-state index in [0.717, 1.165) is 0 Å². The van der Waals surface area contributed by atoms with Gasteiger partial charge in [-0.25, -0.2) is 10.2 Å². The van der Waals surface area contributed by atoms with Gasteiger partial charge < -0.3 is 9.84 Å². The number of rotatable bonds is 6. The van der Waals surface area contributed by atoms with Crippen LogP contribution in [0.15, 0.2) is 26.2 Å². The predicted octanol–water partition coefficient (Wildman–Crippen LogP) is 2.04. The maximum absolute atomic E-state index is 11.0. The molecule has 0 bridgehead atoms. The number of ether oxygens (including phenoxy) is 1. The monoisotopic (exact) mass is 417 g/mol. The van der Waals surface area contributed by atoms with Crippen LogP contribution >= 0.6 is 31.9 Å². The Hall–Kier alpha value is -1.92. The third-order valence-electron chi connectivity index (χ3n) is 2.00. The highest BCUT2D eigenvalue weighted by atomic mass is 79.9. The van der Waals surface area contributed by atoms with Gasteiger partial charge in [0.05, 0.1) is 21.2 Å². The molecule has 7 nitrogen and oxygen atoms in total. The lowest BCUT2D eigenvalue weighted by molar-refractivity contribution is -0.139. The number of amides is 1. The van der Waals surface area contributed by atoms with E-state index in [1.165, 1.54) is 6.21 Å². The number of hydrazone groups is 1. The molecule has 1 aromatic rings. The lowest BCUT2D eigenvalue weighted by atomic mass is 10.2. The highest BCUT2D eigenvalue weighted by Gasteiger charge is 2.10. The van der Waals surface area contributed by atoms with E-state index in [9.17, 15) is 9.59 Å². The smallest absolute Gasteiger partial charge is 0.341 e. The fourth-order valence-corrected chi connectivity index (χ4v) is 2.67. The molecule has 110 valence electrons. The molecule has 1 aromatic carbocycles. The van der Waals surface area contributed by atoms with Crippen molar-refractivity contribution in [2.24, 2.45) is 5.10 Å². The van der Waals surface area contributed by atoms with Crippen LogP contribution < -0.4 is 10.2 Å². The van der Waals surface area contributed by atoms with E-state index in [4.69, 9.17) is 15.1 Å². The largest absolute Gasteiger partial charge is 0.480 e. The molecule has 1 rings (SSSR count). The second-order valence-electron chi connectivity index (χ2n) is 3.62. The van der Waals surface area contributed by atoms with Gasteiger partial charge in [0, 0.05) is 0 Å². The van der Waals surface area contributed by atoms with Crippen LogP contribution in [-0.2, 0) is 9.59 Å². The Kier molecular flexibility index (Phi) is 6.84. The van der Waals surface area contributed by atoms with Crippen molar-refractivity contribution >= 4 is 50.0 Å². The van der Waals surface area contributed by atoms with Gasteiger partial charge in [-0.05, 0) is 49.6 Å². The van der Waals surface area contributed by atoms with Crippen molar-refractivity contribution in [2.75, 3.05) is 6.61 Å². The number of carboxylic acid groups (broad SMARTS) is 1. The zero-order valence-electron chi connectivity index (χ0n) is 10.5. The molecule has 1 amide bonds. The molecule has 0 aliphatic heterocycles. The van der Waals surface area contributed by atoms with Crippen molar-refractivity contribution in [1.29, 1.82) is 5.26 Å². The summed E-state index contributed by atoms with van der Waals surface area (Å²) < 4.78 is 6.18. The first-order valence-electron chi connectivity index (χ1n) is 5.46. The minimum Gasteiger partial charge on any atom is -0.480 e. The lowest BCUT2D eigenvalue weighted by Crippen LogP contribution is -2.16. The second-order valence-corrected chi connectivity index (χ2v) is 5.33. The summed E-state index contributed by atoms with van der Waals surface area (Å²) in [4.78, 5) is 21.5. The van der Waals surface area contributed by atoms with E-state index in [1.54, 1.807) is 18.2 Å². The number of carboxylic acids is 1. The zero-order chi connectivity index (χ0) is 15.8. The molecule has 21 heavy (non-hydrogen) atoms. The molecule has 0 fully saturated rings. The van der Waals surface area contributed by atoms with E-state index in [-0.39, 0.29) is 6.42 Å². The topological polar surface area (TPSA) is 112 Å². The first-order chi connectivity index (χ1) is 9.93. The standard InChI is InChI=1S/C12H9Br2N3O4/c13-8-3-7(5-16-17-10(18)1-2-15)4-9(14)12(8)21-6-11(19)20/h3-5H,1,6H2,(H,17,18)(H,19,20)/b16-5-. The average molecular weight is 419 g/mol. The number of benzene rings is 1. The number of hydrogen-bond acceptors (Lipinski definition) is 5. The fourth-order valence-electron chi connectivity index (χ4n) is 1.22. The SMILES string of the molecule is N#CCC(=O)N/N=C\c1cc(Br)c(OCC(=O)O)c(Br)c1. The van der Waals surface area contributed by atoms with Crippen LogP contribution in [0.2, 0.25) is 0 Å². The molecular weight excluding hydrogens is 410 g/mol. The van der Waals surface area contributed by atoms with E-state index >= 15 is 0 Å². The van der Waals surface area contributed by atoms with Crippen LogP contribution in [-0.4, -0.2) is 29.8 Å². The first kappa shape index (κ1) is 17.1. The van der Waals surface area contributed by atoms with Gasteiger partial charge in [-0.3, -0.25) is 4.79 Å². The summed E-state index contributed by atoms with van der Waals surface area (Å²) in [6, 6.07) is 4.98. The van der Waals surface area contributed by atoms with E-state index in [2.05, 4.69) is 42.4 Å². The summed E-state index contributed by atoms with van der Waals surface area (Å²) in [7, 11) is 0. The van der Waals surface area contributed by atoms with Gasteiger partial charge in [0.1, 0.15) is 12.2 Å². The highest BCUT2D eigenvalue weighted by molar-refractivity contribution is 9.11. The summed E-state index contributed by atoms with van der Waals surface area (Å²) in [6.07, 6.45) is 1.11. The molecule has 0 aliphatic rings. The number of nitriles is 1. The van der Waals surface area contributed by atoms with Crippen LogP contribution in [0.5, 0.6) is 5.75 Å². The van der Waals surface area contributed by atoms with Gasteiger partial charge in [0.15, 0.2) is 6.61 Å². The summed E-state index contributed by atoms with van der Waals surface area (Å²) in [5, 5.41) is 20.6. The van der Waals surface area contributed by atoms with Crippen LogP contribution in [0.4, 0.5) is 0 Å². The maximum Gasteiger partial charge on any atom is 0.341 e. The minimum absolute atomic E-state index is 0.271. The van der Waals surface area contributed by atoms with E-state index in [1.807, 2.05) is 0 Å². The van der Waals surface area contributed by atoms with Crippen LogP contribution in [0.1, 0.15) is 12.0 Å². The molecular formula is C12H9Br2N3O4. The van der Waals surface area contributed by atoms with Crippen LogP contribution in [0.3, 0.4) is 0 Å². The summed E-state index contributed by atoms with van der Waals surface area (Å²) in [5.41, 5.74) is 2.83. The average Bonchev–Trinajstić information content (AvgIpc) is 2.37. The predicted molar refractivity (Wildman–Crippen MR) is 80.9 cm³/mol. The Bertz CT molecular complexity index is 602. The van der Waals surface area contributed by atoms with Crippen molar-refractivity contribution in [3.05, 3.63) is 26.6 Å². The number of aliphatic carboxylic acids is 1. The van der Waals surface area contributed by atoms with Gasteiger partial charge in [0.2, 0.25) is 0 Å². The molecule has 0 spiro atoms. The molecule has 0 saturated heterocycles. The van der Waals surface area contributed by atoms with Gasteiger partial charge in [0.25, 0.3) is 5.91 Å². The maximum atomic E-state index is 11.0. The van der Waals surface area contributed by atoms with Crippen molar-refractivity contribution in [3.8, 4) is 11.8 Å². The highest BCUT2D eigenvalue weighted by Crippen LogP contribution is 2.34. The van der Waals surface area contributed by atoms with Crippen LogP contribution in [0, 0.1) is 11.3 Å². The Labute approximate surface area is 136 Å². The fraction of sp³-hybridized carbons (Fsp3) is 0.167. The second kappa shape index (κ2) is 8.39. The molecule has 2 N–H and O–H groups in total. The summed E-state index contributed by atoms with van der Waals surface area (Å²) in [6.45, 7) is -0.463. The van der Waals surface area contributed by atoms with Crippen molar-refractivity contribution < 1.29 is 19.4 Å². The number of halogens is 2. The third-order valence-corrected chi connectivity index (χ3v) is 3.18. The number of carbonyl (C=O) groups excluding carboxylic acids is 1.